The molecule has 0 aromatic rings. The summed E-state index contributed by atoms with van der Waals surface area (Å²) >= 11 is 0. The molecule has 0 saturated heterocycles. The summed E-state index contributed by atoms with van der Waals surface area (Å²) in [7, 11) is -3.10. The van der Waals surface area contributed by atoms with Crippen LogP contribution in [-0.2, 0) is 10.0 Å². The SMILES string of the molecule is CC(C)(C)CCCCCCS(=O)(=O)NC(C)(C)C. The van der Waals surface area contributed by atoms with Crippen LogP contribution in [0, 0.1) is 5.41 Å². The second-order valence-corrected chi connectivity index (χ2v) is 9.24. The van der Waals surface area contributed by atoms with Gasteiger partial charge in [0.25, 0.3) is 0 Å². The topological polar surface area (TPSA) is 46.2 Å². The standard InChI is InChI=1S/C14H31NO2S/c1-13(2,3)11-9-7-8-10-12-18(16,17)15-14(4,5)6/h15H,7-12H2,1-6H3. The van der Waals surface area contributed by atoms with Gasteiger partial charge in [0, 0.05) is 5.54 Å². The molecular weight excluding hydrogens is 246 g/mol. The first-order valence-electron chi connectivity index (χ1n) is 6.93. The van der Waals surface area contributed by atoms with Gasteiger partial charge in [-0.1, -0.05) is 40.0 Å². The Hall–Kier alpha value is -0.0900. The normalized spacial score (nSPS) is 13.9. The summed E-state index contributed by atoms with van der Waals surface area (Å²) in [6.45, 7) is 12.3. The van der Waals surface area contributed by atoms with Crippen molar-refractivity contribution < 1.29 is 8.42 Å². The number of hydrogen-bond donors (Lipinski definition) is 1. The van der Waals surface area contributed by atoms with Crippen LogP contribution in [0.2, 0.25) is 0 Å². The van der Waals surface area contributed by atoms with Gasteiger partial charge in [-0.15, -0.1) is 0 Å². The molecular formula is C14H31NO2S. The predicted molar refractivity (Wildman–Crippen MR) is 79.2 cm³/mol. The molecule has 0 heterocycles. The van der Waals surface area contributed by atoms with Gasteiger partial charge in [-0.3, -0.25) is 0 Å². The summed E-state index contributed by atoms with van der Waals surface area (Å²) < 4.78 is 26.1. The lowest BCUT2D eigenvalue weighted by Gasteiger charge is -2.20. The average Bonchev–Trinajstić information content (AvgIpc) is 2.04. The third-order valence-electron chi connectivity index (χ3n) is 2.55. The van der Waals surface area contributed by atoms with E-state index in [4.69, 9.17) is 0 Å². The monoisotopic (exact) mass is 277 g/mol. The lowest BCUT2D eigenvalue weighted by atomic mass is 9.89. The highest BCUT2D eigenvalue weighted by Gasteiger charge is 2.19. The van der Waals surface area contributed by atoms with E-state index >= 15 is 0 Å². The summed E-state index contributed by atoms with van der Waals surface area (Å²) in [6.07, 6.45) is 5.29. The maximum absolute atomic E-state index is 11.7. The van der Waals surface area contributed by atoms with Crippen LogP contribution in [0.1, 0.15) is 73.6 Å². The Morgan fingerprint density at radius 2 is 1.33 bits per heavy atom. The van der Waals surface area contributed by atoms with Crippen LogP contribution in [0.5, 0.6) is 0 Å². The Labute approximate surface area is 114 Å². The van der Waals surface area contributed by atoms with E-state index in [9.17, 15) is 8.42 Å². The molecule has 4 heteroatoms. The van der Waals surface area contributed by atoms with Gasteiger partial charge in [0.15, 0.2) is 0 Å². The van der Waals surface area contributed by atoms with Gasteiger partial charge in [-0.2, -0.15) is 0 Å². The number of hydrogen-bond acceptors (Lipinski definition) is 2. The molecule has 0 aromatic heterocycles. The molecule has 0 spiro atoms. The fourth-order valence-electron chi connectivity index (χ4n) is 1.82. The van der Waals surface area contributed by atoms with Crippen LogP contribution in [0.4, 0.5) is 0 Å². The van der Waals surface area contributed by atoms with Crippen LogP contribution in [0.15, 0.2) is 0 Å². The third kappa shape index (κ3) is 12.4. The average molecular weight is 277 g/mol. The summed E-state index contributed by atoms with van der Waals surface area (Å²) in [5, 5.41) is 0. The molecule has 0 saturated carbocycles. The van der Waals surface area contributed by atoms with Crippen molar-refractivity contribution in [3.05, 3.63) is 0 Å². The van der Waals surface area contributed by atoms with E-state index in [2.05, 4.69) is 25.5 Å². The molecule has 0 aliphatic rings. The number of sulfonamides is 1. The Balaban J connectivity index is 3.73. The van der Waals surface area contributed by atoms with Crippen LogP contribution in [0.3, 0.4) is 0 Å². The van der Waals surface area contributed by atoms with Gasteiger partial charge >= 0.3 is 0 Å². The molecule has 0 radical (unpaired) electrons. The Bertz CT molecular complexity index is 321. The summed E-state index contributed by atoms with van der Waals surface area (Å²) in [4.78, 5) is 0. The molecule has 0 rings (SSSR count). The molecule has 0 atom stereocenters. The van der Waals surface area contributed by atoms with Gasteiger partial charge < -0.3 is 0 Å². The highest BCUT2D eigenvalue weighted by Crippen LogP contribution is 2.22. The molecule has 1 N–H and O–H groups in total. The first-order valence-corrected chi connectivity index (χ1v) is 8.58. The fraction of sp³-hybridized carbons (Fsp3) is 1.00. The molecule has 0 fully saturated rings. The summed E-state index contributed by atoms with van der Waals surface area (Å²) in [6, 6.07) is 0. The first kappa shape index (κ1) is 17.9. The van der Waals surface area contributed by atoms with Crippen molar-refractivity contribution in [2.24, 2.45) is 5.41 Å². The second kappa shape index (κ2) is 6.90. The number of nitrogens with one attached hydrogen (secondary N) is 1. The molecule has 0 aromatic carbocycles. The molecule has 3 nitrogen and oxygen atoms in total. The quantitative estimate of drug-likeness (QED) is 0.721. The van der Waals surface area contributed by atoms with Gasteiger partial charge in [0.1, 0.15) is 0 Å². The van der Waals surface area contributed by atoms with Crippen molar-refractivity contribution in [3.63, 3.8) is 0 Å². The second-order valence-electron chi connectivity index (χ2n) is 7.40. The van der Waals surface area contributed by atoms with Crippen molar-refractivity contribution in [1.82, 2.24) is 4.72 Å². The van der Waals surface area contributed by atoms with E-state index in [-0.39, 0.29) is 11.3 Å². The molecule has 110 valence electrons. The summed E-state index contributed by atoms with van der Waals surface area (Å²) in [5.74, 6) is 0.250. The smallest absolute Gasteiger partial charge is 0.212 e. The number of rotatable bonds is 7. The lowest BCUT2D eigenvalue weighted by molar-refractivity contribution is 0.357. The minimum Gasteiger partial charge on any atom is -0.212 e. The Morgan fingerprint density at radius 1 is 0.833 bits per heavy atom. The zero-order valence-corrected chi connectivity index (χ0v) is 13.8. The minimum atomic E-state index is -3.10. The van der Waals surface area contributed by atoms with Gasteiger partial charge in [-0.05, 0) is 39.0 Å². The highest BCUT2D eigenvalue weighted by atomic mass is 32.2. The molecule has 0 aliphatic carbocycles. The first-order chi connectivity index (χ1) is 7.91. The zero-order chi connectivity index (χ0) is 14.4. The van der Waals surface area contributed by atoms with E-state index in [0.717, 1.165) is 19.3 Å². The summed E-state index contributed by atoms with van der Waals surface area (Å²) in [5.41, 5.74) is 0.0188. The van der Waals surface area contributed by atoms with E-state index < -0.39 is 10.0 Å². The zero-order valence-electron chi connectivity index (χ0n) is 13.0. The third-order valence-corrected chi connectivity index (χ3v) is 4.30. The van der Waals surface area contributed by atoms with E-state index in [1.807, 2.05) is 20.8 Å². The maximum atomic E-state index is 11.7. The molecule has 18 heavy (non-hydrogen) atoms. The molecule has 0 aliphatic heterocycles. The van der Waals surface area contributed by atoms with Crippen molar-refractivity contribution in [2.75, 3.05) is 5.75 Å². The largest absolute Gasteiger partial charge is 0.212 e. The van der Waals surface area contributed by atoms with Gasteiger partial charge in [0.05, 0.1) is 5.75 Å². The van der Waals surface area contributed by atoms with Crippen molar-refractivity contribution in [2.45, 2.75) is 79.2 Å². The van der Waals surface area contributed by atoms with Gasteiger partial charge in [0.2, 0.25) is 10.0 Å². The fourth-order valence-corrected chi connectivity index (χ4v) is 3.44. The predicted octanol–water partition coefficient (Wildman–Crippen LogP) is 3.70. The lowest BCUT2D eigenvalue weighted by Crippen LogP contribution is -2.41. The van der Waals surface area contributed by atoms with Crippen molar-refractivity contribution in [1.29, 1.82) is 0 Å². The van der Waals surface area contributed by atoms with Gasteiger partial charge in [-0.25, -0.2) is 13.1 Å². The molecule has 0 amide bonds. The Morgan fingerprint density at radius 3 is 1.78 bits per heavy atom. The van der Waals surface area contributed by atoms with E-state index in [1.165, 1.54) is 12.8 Å². The van der Waals surface area contributed by atoms with E-state index in [0.29, 0.717) is 5.41 Å². The van der Waals surface area contributed by atoms with Crippen LogP contribution in [0.25, 0.3) is 0 Å². The van der Waals surface area contributed by atoms with Crippen LogP contribution < -0.4 is 4.72 Å². The Kier molecular flexibility index (Phi) is 6.86. The molecule has 0 unspecified atom stereocenters. The maximum Gasteiger partial charge on any atom is 0.212 e. The van der Waals surface area contributed by atoms with Crippen LogP contribution in [-0.4, -0.2) is 19.7 Å². The van der Waals surface area contributed by atoms with E-state index in [1.54, 1.807) is 0 Å². The van der Waals surface area contributed by atoms with Crippen molar-refractivity contribution in [3.8, 4) is 0 Å². The molecule has 0 bridgehead atoms. The minimum absolute atomic E-state index is 0.250. The van der Waals surface area contributed by atoms with Crippen LogP contribution >= 0.6 is 0 Å². The number of unbranched alkanes of at least 4 members (excludes halogenated alkanes) is 3. The highest BCUT2D eigenvalue weighted by molar-refractivity contribution is 7.89. The van der Waals surface area contributed by atoms with Crippen molar-refractivity contribution >= 4 is 10.0 Å².